The third-order valence-corrected chi connectivity index (χ3v) is 9.94. The minimum Gasteiger partial charge on any atom is -0.507 e. The Labute approximate surface area is 300 Å². The second-order valence-corrected chi connectivity index (χ2v) is 14.9. The number of amides is 2. The number of aromatic hydroxyl groups is 2. The van der Waals surface area contributed by atoms with Crippen LogP contribution in [0.25, 0.3) is 23.1 Å². The van der Waals surface area contributed by atoms with Gasteiger partial charge in [-0.1, -0.05) is 86.6 Å². The molecule has 5 rings (SSSR count). The Morgan fingerprint density at radius 2 is 1.71 bits per heavy atom. The molecule has 1 spiro atoms. The molecule has 1 aliphatic carbocycles. The summed E-state index contributed by atoms with van der Waals surface area (Å²) >= 11 is 0. The smallest absolute Gasteiger partial charge is 0.268 e. The summed E-state index contributed by atoms with van der Waals surface area (Å²) in [5.41, 5.74) is 4.87. The highest BCUT2D eigenvalue weighted by atomic mass is 16.3. The molecule has 8 nitrogen and oxygen atoms in total. The van der Waals surface area contributed by atoms with Crippen LogP contribution in [0.3, 0.4) is 0 Å². The third kappa shape index (κ3) is 7.41. The number of carbonyl (C=O) groups is 3. The van der Waals surface area contributed by atoms with Crippen molar-refractivity contribution in [2.24, 2.45) is 11.8 Å². The van der Waals surface area contributed by atoms with Crippen molar-refractivity contribution in [2.45, 2.75) is 78.7 Å². The van der Waals surface area contributed by atoms with E-state index in [0.717, 1.165) is 39.7 Å². The zero-order valence-electron chi connectivity index (χ0n) is 30.6. The number of nitrogens with one attached hydrogen (secondary N) is 3. The maximum atomic E-state index is 14.2. The highest BCUT2D eigenvalue weighted by Crippen LogP contribution is 2.40. The van der Waals surface area contributed by atoms with Crippen molar-refractivity contribution >= 4 is 41.2 Å². The molecule has 266 valence electrons. The number of piperazine rings is 1. The van der Waals surface area contributed by atoms with Gasteiger partial charge < -0.3 is 25.8 Å². The number of benzene rings is 2. The van der Waals surface area contributed by atoms with Crippen molar-refractivity contribution in [3.8, 4) is 11.5 Å². The zero-order valence-corrected chi connectivity index (χ0v) is 30.6. The van der Waals surface area contributed by atoms with Gasteiger partial charge in [0.15, 0.2) is 6.29 Å². The number of carbonyl (C=O) groups excluding carboxylic acids is 3. The Kier molecular flexibility index (Phi) is 10.5. The Balaban J connectivity index is 1.52. The number of aromatic amines is 1. The summed E-state index contributed by atoms with van der Waals surface area (Å²) < 4.78 is 0. The van der Waals surface area contributed by atoms with E-state index >= 15 is 0 Å². The molecule has 3 aromatic rings. The average molecular weight is 688 g/mol. The van der Waals surface area contributed by atoms with Crippen molar-refractivity contribution < 1.29 is 24.6 Å². The van der Waals surface area contributed by atoms with Crippen LogP contribution in [-0.2, 0) is 27.8 Å². The van der Waals surface area contributed by atoms with Crippen molar-refractivity contribution in [3.63, 3.8) is 0 Å². The third-order valence-electron chi connectivity index (χ3n) is 9.94. The van der Waals surface area contributed by atoms with Crippen LogP contribution < -0.4 is 10.6 Å². The summed E-state index contributed by atoms with van der Waals surface area (Å²) in [5, 5.41) is 28.7. The second kappa shape index (κ2) is 14.5. The molecule has 0 radical (unpaired) electrons. The Morgan fingerprint density at radius 1 is 1.00 bits per heavy atom. The summed E-state index contributed by atoms with van der Waals surface area (Å²) in [6.07, 6.45) is 16.7. The SMILES string of the molecule is C=CC(C)(C)c1[nH]c2cc(CC=C(C)C)ccc2c1/C=C1\NC(=O)[C@@]2(C[C@H](C)C=C[C@@H]2/C=C/c2c(O)cc(CC=C(C)C)c(O)c2C=O)NC1=O. The van der Waals surface area contributed by atoms with Crippen LogP contribution >= 0.6 is 0 Å². The number of phenols is 2. The number of allylic oxidation sites excluding steroid dienone is 6. The summed E-state index contributed by atoms with van der Waals surface area (Å²) in [4.78, 5) is 43.9. The molecule has 3 atom stereocenters. The lowest BCUT2D eigenvalue weighted by Crippen LogP contribution is -2.68. The van der Waals surface area contributed by atoms with Gasteiger partial charge in [0.25, 0.3) is 11.8 Å². The maximum absolute atomic E-state index is 14.2. The molecule has 5 N–H and O–H groups in total. The lowest BCUT2D eigenvalue weighted by Gasteiger charge is -2.44. The van der Waals surface area contributed by atoms with Gasteiger partial charge in [-0.15, -0.1) is 6.58 Å². The van der Waals surface area contributed by atoms with E-state index in [-0.39, 0.29) is 40.1 Å². The highest BCUT2D eigenvalue weighted by molar-refractivity contribution is 6.11. The highest BCUT2D eigenvalue weighted by Gasteiger charge is 2.51. The molecule has 1 fully saturated rings. The molecular weight excluding hydrogens is 638 g/mol. The first-order valence-corrected chi connectivity index (χ1v) is 17.4. The van der Waals surface area contributed by atoms with E-state index in [4.69, 9.17) is 0 Å². The van der Waals surface area contributed by atoms with Gasteiger partial charge in [-0.05, 0) is 76.6 Å². The van der Waals surface area contributed by atoms with Crippen LogP contribution in [0.2, 0.25) is 0 Å². The first-order valence-electron chi connectivity index (χ1n) is 17.4. The number of hydrogen-bond acceptors (Lipinski definition) is 5. The maximum Gasteiger partial charge on any atom is 0.268 e. The molecule has 2 amide bonds. The summed E-state index contributed by atoms with van der Waals surface area (Å²) in [6.45, 7) is 18.1. The second-order valence-electron chi connectivity index (χ2n) is 14.9. The van der Waals surface area contributed by atoms with Crippen molar-refractivity contribution in [1.82, 2.24) is 15.6 Å². The first kappa shape index (κ1) is 36.9. The topological polar surface area (TPSA) is 132 Å². The quantitative estimate of drug-likeness (QED) is 0.0636. The van der Waals surface area contributed by atoms with Crippen LogP contribution in [0, 0.1) is 11.8 Å². The van der Waals surface area contributed by atoms with Crippen molar-refractivity contribution in [3.05, 3.63) is 118 Å². The molecule has 1 aliphatic heterocycles. The Hall–Kier alpha value is -5.37. The van der Waals surface area contributed by atoms with Gasteiger partial charge in [0.1, 0.15) is 22.7 Å². The standard InChI is InChI=1S/C43H49N3O5/c1-9-42(7,8)39-33(31-18-14-28(13-10-25(2)3)20-35(31)44-39)22-36-40(50)46-43(41(51)45-36)23-27(6)12-16-30(43)17-19-32-34(24-47)38(49)29(21-37(32)48)15-11-26(4)5/h9-12,14,16-22,24,27,30,44,48-49H,1,13,15,23H2,2-8H3,(H,45,51)(H,46,50)/b19-17+,36-22-/t27-,30-,43+/m1/s1. The summed E-state index contributed by atoms with van der Waals surface area (Å²) in [6, 6.07) is 7.68. The van der Waals surface area contributed by atoms with Crippen molar-refractivity contribution in [1.29, 1.82) is 0 Å². The molecule has 0 saturated carbocycles. The summed E-state index contributed by atoms with van der Waals surface area (Å²) in [5.74, 6) is -1.81. The van der Waals surface area contributed by atoms with Gasteiger partial charge in [-0.2, -0.15) is 0 Å². The van der Waals surface area contributed by atoms with E-state index in [2.05, 4.69) is 54.3 Å². The number of aromatic nitrogens is 1. The molecule has 2 aromatic carbocycles. The molecular formula is C43H49N3O5. The van der Waals surface area contributed by atoms with Crippen LogP contribution in [-0.4, -0.2) is 38.8 Å². The number of rotatable bonds is 10. The minimum atomic E-state index is -1.33. The number of phenolic OH excluding ortho intramolecular Hbond substituents is 2. The van der Waals surface area contributed by atoms with Crippen LogP contribution in [0.1, 0.15) is 93.2 Å². The predicted octanol–water partition coefficient (Wildman–Crippen LogP) is 8.12. The van der Waals surface area contributed by atoms with E-state index in [1.54, 1.807) is 12.2 Å². The Morgan fingerprint density at radius 3 is 2.37 bits per heavy atom. The van der Waals surface area contributed by atoms with Gasteiger partial charge in [-0.3, -0.25) is 14.4 Å². The monoisotopic (exact) mass is 687 g/mol. The molecule has 1 aromatic heterocycles. The minimum absolute atomic E-state index is 0.0160. The van der Waals surface area contributed by atoms with Gasteiger partial charge in [0.05, 0.1) is 5.56 Å². The molecule has 0 bridgehead atoms. The molecule has 0 unspecified atom stereocenters. The molecule has 51 heavy (non-hydrogen) atoms. The van der Waals surface area contributed by atoms with E-state index in [0.29, 0.717) is 24.7 Å². The molecule has 2 aliphatic rings. The molecule has 1 saturated heterocycles. The van der Waals surface area contributed by atoms with E-state index in [1.165, 1.54) is 17.7 Å². The Bertz CT molecular complexity index is 2060. The summed E-state index contributed by atoms with van der Waals surface area (Å²) in [7, 11) is 0. The lowest BCUT2D eigenvalue weighted by atomic mass is 9.71. The normalized spacial score (nSPS) is 21.2. The fraction of sp³-hybridized carbons (Fsp3) is 0.326. The lowest BCUT2D eigenvalue weighted by molar-refractivity contribution is -0.138. The number of H-pyrrole nitrogens is 1. The molecule has 2 heterocycles. The van der Waals surface area contributed by atoms with Crippen LogP contribution in [0.4, 0.5) is 0 Å². The number of fused-ring (bicyclic) bond motifs is 1. The van der Waals surface area contributed by atoms with Gasteiger partial charge in [0.2, 0.25) is 0 Å². The van der Waals surface area contributed by atoms with Gasteiger partial charge in [-0.25, -0.2) is 0 Å². The predicted molar refractivity (Wildman–Crippen MR) is 205 cm³/mol. The average Bonchev–Trinajstić information content (AvgIpc) is 3.44. The van der Waals surface area contributed by atoms with E-state index < -0.39 is 22.8 Å². The van der Waals surface area contributed by atoms with Crippen LogP contribution in [0.15, 0.2) is 84.1 Å². The van der Waals surface area contributed by atoms with E-state index in [9.17, 15) is 24.6 Å². The molecule has 8 heteroatoms. The first-order chi connectivity index (χ1) is 24.1. The number of aldehydes is 1. The largest absolute Gasteiger partial charge is 0.507 e. The van der Waals surface area contributed by atoms with Crippen molar-refractivity contribution in [2.75, 3.05) is 0 Å². The van der Waals surface area contributed by atoms with Crippen LogP contribution in [0.5, 0.6) is 11.5 Å². The van der Waals surface area contributed by atoms with E-state index in [1.807, 2.05) is 65.0 Å². The zero-order chi connectivity index (χ0) is 37.2. The fourth-order valence-corrected chi connectivity index (χ4v) is 6.84. The fourth-order valence-electron chi connectivity index (χ4n) is 6.84. The van der Waals surface area contributed by atoms with Gasteiger partial charge in [0, 0.05) is 44.6 Å². The van der Waals surface area contributed by atoms with Gasteiger partial charge >= 0.3 is 0 Å². The number of hydrogen-bond donors (Lipinski definition) is 5.